The van der Waals surface area contributed by atoms with Crippen molar-refractivity contribution in [3.63, 3.8) is 0 Å². The number of ether oxygens (including phenoxy) is 3. The highest BCUT2D eigenvalue weighted by Crippen LogP contribution is 2.52. The predicted molar refractivity (Wildman–Crippen MR) is 120 cm³/mol. The third-order valence-corrected chi connectivity index (χ3v) is 7.67. The van der Waals surface area contributed by atoms with Crippen LogP contribution in [0.5, 0.6) is 5.75 Å². The van der Waals surface area contributed by atoms with Crippen LogP contribution in [0.4, 0.5) is 4.39 Å². The van der Waals surface area contributed by atoms with Gasteiger partial charge in [-0.1, -0.05) is 23.7 Å². The molecule has 0 aliphatic carbocycles. The quantitative estimate of drug-likeness (QED) is 0.557. The van der Waals surface area contributed by atoms with Gasteiger partial charge in [0.2, 0.25) is 5.79 Å². The number of halogens is 2. The van der Waals surface area contributed by atoms with Crippen molar-refractivity contribution in [1.29, 1.82) is 0 Å². The largest absolute Gasteiger partial charge is 0.491 e. The summed E-state index contributed by atoms with van der Waals surface area (Å²) in [4.78, 5) is 0. The maximum Gasteiger partial charge on any atom is 0.225 e. The van der Waals surface area contributed by atoms with Crippen LogP contribution in [0.15, 0.2) is 36.4 Å². The molecule has 2 saturated heterocycles. The summed E-state index contributed by atoms with van der Waals surface area (Å²) in [6, 6.07) is 9.77. The minimum Gasteiger partial charge on any atom is -0.491 e. The SMILES string of the molecule is CCOc1ccc(Cc2cc([C@]34OC[C@](CO)(O3)[C@@H](SC)[C@H](O)[C@H]4O)ccc2Cl)cc1F. The lowest BCUT2D eigenvalue weighted by molar-refractivity contribution is -0.300. The summed E-state index contributed by atoms with van der Waals surface area (Å²) in [6.07, 6.45) is -0.446. The minimum absolute atomic E-state index is 0.0190. The summed E-state index contributed by atoms with van der Waals surface area (Å²) in [7, 11) is 0. The van der Waals surface area contributed by atoms with Gasteiger partial charge in [-0.15, -0.1) is 0 Å². The molecule has 2 heterocycles. The summed E-state index contributed by atoms with van der Waals surface area (Å²) < 4.78 is 31.7. The Kier molecular flexibility index (Phi) is 6.76. The standard InChI is InChI=1S/C23H26ClFO6S/c1-3-29-18-7-4-13(9-17(18)25)8-14-10-15(5-6-16(14)24)23-20(28)19(27)21(32-2)22(11-26,31-23)12-30-23/h4-7,9-10,19-21,26-28H,3,8,11-12H2,1-2H3/t19-,20-,21+,22+,23+/m1/s1. The van der Waals surface area contributed by atoms with E-state index >= 15 is 0 Å². The summed E-state index contributed by atoms with van der Waals surface area (Å²) in [5.41, 5.74) is 0.678. The average molecular weight is 485 g/mol. The monoisotopic (exact) mass is 484 g/mol. The molecule has 5 atom stereocenters. The molecule has 4 rings (SSSR count). The summed E-state index contributed by atoms with van der Waals surface area (Å²) in [6.45, 7) is 1.81. The molecule has 2 aromatic rings. The molecule has 0 amide bonds. The molecule has 0 unspecified atom stereocenters. The van der Waals surface area contributed by atoms with Crippen LogP contribution in [-0.4, -0.2) is 64.5 Å². The molecule has 2 bridgehead atoms. The van der Waals surface area contributed by atoms with E-state index in [-0.39, 0.29) is 19.0 Å². The van der Waals surface area contributed by atoms with Gasteiger partial charge in [0.15, 0.2) is 11.6 Å². The maximum atomic E-state index is 14.3. The summed E-state index contributed by atoms with van der Waals surface area (Å²) in [5, 5.41) is 31.7. The normalized spacial score (nSPS) is 31.7. The molecule has 0 spiro atoms. The van der Waals surface area contributed by atoms with Crippen LogP contribution in [0.25, 0.3) is 0 Å². The number of thioether (sulfide) groups is 1. The minimum atomic E-state index is -1.64. The van der Waals surface area contributed by atoms with Crippen molar-refractivity contribution in [2.45, 2.75) is 42.2 Å². The van der Waals surface area contributed by atoms with Gasteiger partial charge in [0.25, 0.3) is 0 Å². The molecule has 6 nitrogen and oxygen atoms in total. The predicted octanol–water partition coefficient (Wildman–Crippen LogP) is 2.87. The number of fused-ring (bicyclic) bond motifs is 2. The van der Waals surface area contributed by atoms with Crippen molar-refractivity contribution < 1.29 is 33.9 Å². The van der Waals surface area contributed by atoms with Gasteiger partial charge in [-0.3, -0.25) is 0 Å². The molecular weight excluding hydrogens is 459 g/mol. The molecule has 2 aliphatic rings. The van der Waals surface area contributed by atoms with Crippen LogP contribution in [0.1, 0.15) is 23.6 Å². The zero-order chi connectivity index (χ0) is 23.1. The molecule has 3 N–H and O–H groups in total. The topological polar surface area (TPSA) is 88.4 Å². The molecule has 174 valence electrons. The van der Waals surface area contributed by atoms with E-state index in [0.29, 0.717) is 34.7 Å². The Labute approximate surface area is 195 Å². The number of hydrogen-bond donors (Lipinski definition) is 3. The Morgan fingerprint density at radius 2 is 2.03 bits per heavy atom. The second-order valence-electron chi connectivity index (χ2n) is 8.05. The number of aliphatic hydroxyl groups is 3. The van der Waals surface area contributed by atoms with E-state index < -0.39 is 34.7 Å². The van der Waals surface area contributed by atoms with Gasteiger partial charge in [0.1, 0.15) is 17.8 Å². The van der Waals surface area contributed by atoms with Crippen LogP contribution >= 0.6 is 23.4 Å². The van der Waals surface area contributed by atoms with Gasteiger partial charge in [-0.2, -0.15) is 11.8 Å². The molecule has 9 heteroatoms. The fourth-order valence-electron chi connectivity index (χ4n) is 4.49. The van der Waals surface area contributed by atoms with Gasteiger partial charge < -0.3 is 29.5 Å². The zero-order valence-electron chi connectivity index (χ0n) is 17.8. The van der Waals surface area contributed by atoms with Crippen molar-refractivity contribution in [1.82, 2.24) is 0 Å². The Morgan fingerprint density at radius 1 is 1.25 bits per heavy atom. The lowest BCUT2D eigenvalue weighted by Crippen LogP contribution is -2.64. The molecule has 0 radical (unpaired) electrons. The van der Waals surface area contributed by atoms with E-state index in [1.54, 1.807) is 43.5 Å². The van der Waals surface area contributed by atoms with E-state index in [1.165, 1.54) is 17.8 Å². The maximum absolute atomic E-state index is 14.3. The molecule has 0 saturated carbocycles. The summed E-state index contributed by atoms with van der Waals surface area (Å²) in [5.74, 6) is -1.91. The van der Waals surface area contributed by atoms with Crippen molar-refractivity contribution in [3.05, 3.63) is 63.9 Å². The van der Waals surface area contributed by atoms with Gasteiger partial charge >= 0.3 is 0 Å². The fourth-order valence-corrected chi connectivity index (χ4v) is 5.72. The Hall–Kier alpha value is -1.39. The van der Waals surface area contributed by atoms with Gasteiger partial charge in [0, 0.05) is 10.6 Å². The summed E-state index contributed by atoms with van der Waals surface area (Å²) >= 11 is 7.72. The average Bonchev–Trinajstić information content (AvgIpc) is 3.15. The van der Waals surface area contributed by atoms with E-state index in [1.807, 2.05) is 0 Å². The lowest BCUT2D eigenvalue weighted by atomic mass is 9.85. The highest BCUT2D eigenvalue weighted by molar-refractivity contribution is 7.99. The Bertz CT molecular complexity index is 993. The first-order valence-corrected chi connectivity index (χ1v) is 12.0. The molecule has 2 aliphatic heterocycles. The van der Waals surface area contributed by atoms with E-state index in [4.69, 9.17) is 25.8 Å². The van der Waals surface area contributed by atoms with Crippen molar-refractivity contribution >= 4 is 23.4 Å². The highest BCUT2D eigenvalue weighted by Gasteiger charge is 2.67. The van der Waals surface area contributed by atoms with Crippen molar-refractivity contribution in [3.8, 4) is 5.75 Å². The van der Waals surface area contributed by atoms with Gasteiger partial charge in [-0.25, -0.2) is 4.39 Å². The number of rotatable bonds is 7. The third kappa shape index (κ3) is 3.81. The smallest absolute Gasteiger partial charge is 0.225 e. The Balaban J connectivity index is 1.68. The van der Waals surface area contributed by atoms with Gasteiger partial charge in [-0.05, 0) is 55.0 Å². The molecule has 2 aromatic carbocycles. The first-order chi connectivity index (χ1) is 15.3. The van der Waals surface area contributed by atoms with Crippen LogP contribution in [0.3, 0.4) is 0 Å². The number of aliphatic hydroxyl groups excluding tert-OH is 3. The van der Waals surface area contributed by atoms with Gasteiger partial charge in [0.05, 0.1) is 25.1 Å². The van der Waals surface area contributed by atoms with Crippen molar-refractivity contribution in [2.75, 3.05) is 26.1 Å². The third-order valence-electron chi connectivity index (χ3n) is 6.09. The molecule has 2 fully saturated rings. The Morgan fingerprint density at radius 3 is 2.69 bits per heavy atom. The fraction of sp³-hybridized carbons (Fsp3) is 0.478. The lowest BCUT2D eigenvalue weighted by Gasteiger charge is -2.47. The van der Waals surface area contributed by atoms with Crippen LogP contribution in [0.2, 0.25) is 5.02 Å². The molecule has 0 aromatic heterocycles. The zero-order valence-corrected chi connectivity index (χ0v) is 19.3. The van der Waals surface area contributed by atoms with Crippen LogP contribution in [0, 0.1) is 5.82 Å². The van der Waals surface area contributed by atoms with E-state index in [9.17, 15) is 19.7 Å². The second kappa shape index (κ2) is 9.10. The number of benzene rings is 2. The second-order valence-corrected chi connectivity index (χ2v) is 9.44. The highest BCUT2D eigenvalue weighted by atomic mass is 35.5. The molecule has 32 heavy (non-hydrogen) atoms. The first-order valence-electron chi connectivity index (χ1n) is 10.3. The van der Waals surface area contributed by atoms with Crippen molar-refractivity contribution in [2.24, 2.45) is 0 Å². The first kappa shape index (κ1) is 23.8. The van der Waals surface area contributed by atoms with Crippen LogP contribution in [-0.2, 0) is 21.7 Å². The molecular formula is C23H26ClFO6S. The van der Waals surface area contributed by atoms with Crippen LogP contribution < -0.4 is 4.74 Å². The number of hydrogen-bond acceptors (Lipinski definition) is 7. The van der Waals surface area contributed by atoms with E-state index in [0.717, 1.165) is 0 Å². The van der Waals surface area contributed by atoms with E-state index in [2.05, 4.69) is 0 Å².